The van der Waals surface area contributed by atoms with Gasteiger partial charge >= 0.3 is 6.61 Å². The van der Waals surface area contributed by atoms with Crippen molar-refractivity contribution in [2.45, 2.75) is 19.1 Å². The van der Waals surface area contributed by atoms with Crippen LogP contribution in [0.5, 0.6) is 5.75 Å². The van der Waals surface area contributed by atoms with E-state index in [1.807, 2.05) is 4.90 Å². The van der Waals surface area contributed by atoms with Crippen LogP contribution in [0.25, 0.3) is 0 Å². The summed E-state index contributed by atoms with van der Waals surface area (Å²) in [5, 5.41) is 3.33. The number of nitrogens with one attached hydrogen (secondary N) is 1. The van der Waals surface area contributed by atoms with Crippen LogP contribution >= 0.6 is 12.4 Å². The fraction of sp³-hybridized carbons (Fsp3) is 0.562. The number of benzene rings is 1. The van der Waals surface area contributed by atoms with Gasteiger partial charge in [0.1, 0.15) is 5.75 Å². The number of halogens is 3. The number of likely N-dealkylation sites (tertiary alicyclic amines) is 1. The Hall–Kier alpha value is -1.44. The van der Waals surface area contributed by atoms with Crippen molar-refractivity contribution in [2.75, 3.05) is 39.3 Å². The third-order valence-electron chi connectivity index (χ3n) is 4.45. The highest BCUT2D eigenvalue weighted by Gasteiger charge is 2.31. The summed E-state index contributed by atoms with van der Waals surface area (Å²) >= 11 is 0. The van der Waals surface area contributed by atoms with Crippen molar-refractivity contribution in [1.29, 1.82) is 0 Å². The van der Waals surface area contributed by atoms with Gasteiger partial charge in [0, 0.05) is 50.9 Å². The predicted molar refractivity (Wildman–Crippen MR) is 89.1 cm³/mol. The van der Waals surface area contributed by atoms with Crippen molar-refractivity contribution in [1.82, 2.24) is 15.1 Å². The van der Waals surface area contributed by atoms with Gasteiger partial charge in [0.25, 0.3) is 5.91 Å². The Kier molecular flexibility index (Phi) is 6.77. The van der Waals surface area contributed by atoms with E-state index in [-0.39, 0.29) is 24.1 Å². The summed E-state index contributed by atoms with van der Waals surface area (Å²) < 4.78 is 28.6. The molecule has 0 spiro atoms. The summed E-state index contributed by atoms with van der Waals surface area (Å²) in [5.41, 5.74) is 0.507. The molecular formula is C16H22ClF2N3O2. The van der Waals surface area contributed by atoms with E-state index in [1.54, 1.807) is 0 Å². The number of rotatable bonds is 4. The predicted octanol–water partition coefficient (Wildman–Crippen LogP) is 1.83. The summed E-state index contributed by atoms with van der Waals surface area (Å²) in [6.07, 6.45) is 0.984. The van der Waals surface area contributed by atoms with Crippen LogP contribution < -0.4 is 10.1 Å². The summed E-state index contributed by atoms with van der Waals surface area (Å²) in [4.78, 5) is 16.8. The SMILES string of the molecule is Cl.O=C(c1ccc(OC(F)F)cc1)N1CCC(N2CCNCC2)C1. The van der Waals surface area contributed by atoms with Crippen molar-refractivity contribution in [3.05, 3.63) is 29.8 Å². The van der Waals surface area contributed by atoms with Gasteiger partial charge in [0.2, 0.25) is 0 Å². The molecule has 3 rings (SSSR count). The molecule has 1 amide bonds. The topological polar surface area (TPSA) is 44.8 Å². The number of nitrogens with zero attached hydrogens (tertiary/aromatic N) is 2. The number of carbonyl (C=O) groups is 1. The minimum Gasteiger partial charge on any atom is -0.435 e. The molecule has 1 N–H and O–H groups in total. The van der Waals surface area contributed by atoms with E-state index >= 15 is 0 Å². The van der Waals surface area contributed by atoms with E-state index < -0.39 is 6.61 Å². The highest BCUT2D eigenvalue weighted by Crippen LogP contribution is 2.20. The Labute approximate surface area is 146 Å². The van der Waals surface area contributed by atoms with Crippen LogP contribution in [0, 0.1) is 0 Å². The molecule has 2 heterocycles. The molecular weight excluding hydrogens is 340 g/mol. The molecule has 8 heteroatoms. The molecule has 1 atom stereocenters. The maximum Gasteiger partial charge on any atom is 0.387 e. The van der Waals surface area contributed by atoms with Gasteiger partial charge in [0.15, 0.2) is 0 Å². The molecule has 2 saturated heterocycles. The standard InChI is InChI=1S/C16H21F2N3O2.ClH/c17-16(18)23-14-3-1-12(2-4-14)15(22)21-8-5-13(11-21)20-9-6-19-7-10-20;/h1-4,13,16,19H,5-11H2;1H. The second-order valence-corrected chi connectivity index (χ2v) is 5.88. The Bertz CT molecular complexity index is 539. The Balaban J connectivity index is 0.00000208. The van der Waals surface area contributed by atoms with Crippen molar-refractivity contribution in [2.24, 2.45) is 0 Å². The third-order valence-corrected chi connectivity index (χ3v) is 4.45. The van der Waals surface area contributed by atoms with E-state index in [0.29, 0.717) is 11.6 Å². The average molecular weight is 362 g/mol. The fourth-order valence-corrected chi connectivity index (χ4v) is 3.23. The van der Waals surface area contributed by atoms with Crippen LogP contribution in [0.1, 0.15) is 16.8 Å². The van der Waals surface area contributed by atoms with Gasteiger partial charge < -0.3 is 15.0 Å². The number of alkyl halides is 2. The first-order valence-electron chi connectivity index (χ1n) is 7.92. The summed E-state index contributed by atoms with van der Waals surface area (Å²) in [6.45, 7) is 2.65. The monoisotopic (exact) mass is 361 g/mol. The first-order chi connectivity index (χ1) is 11.1. The maximum atomic E-state index is 12.5. The van der Waals surface area contributed by atoms with Crippen molar-refractivity contribution >= 4 is 18.3 Å². The summed E-state index contributed by atoms with van der Waals surface area (Å²) in [7, 11) is 0. The Morgan fingerprint density at radius 2 is 1.83 bits per heavy atom. The van der Waals surface area contributed by atoms with Gasteiger partial charge in [-0.15, -0.1) is 12.4 Å². The van der Waals surface area contributed by atoms with Crippen LogP contribution in [0.4, 0.5) is 8.78 Å². The fourth-order valence-electron chi connectivity index (χ4n) is 3.23. The van der Waals surface area contributed by atoms with Gasteiger partial charge in [-0.25, -0.2) is 0 Å². The van der Waals surface area contributed by atoms with Gasteiger partial charge in [-0.3, -0.25) is 9.69 Å². The van der Waals surface area contributed by atoms with E-state index in [0.717, 1.165) is 45.7 Å². The molecule has 2 aliphatic heterocycles. The maximum absolute atomic E-state index is 12.5. The number of ether oxygens (including phenoxy) is 1. The molecule has 1 unspecified atom stereocenters. The normalized spacial score (nSPS) is 21.6. The number of hydrogen-bond donors (Lipinski definition) is 1. The van der Waals surface area contributed by atoms with Crippen molar-refractivity contribution < 1.29 is 18.3 Å². The lowest BCUT2D eigenvalue weighted by molar-refractivity contribution is -0.0498. The largest absolute Gasteiger partial charge is 0.435 e. The lowest BCUT2D eigenvalue weighted by Crippen LogP contribution is -2.49. The van der Waals surface area contributed by atoms with Crippen LogP contribution in [-0.4, -0.2) is 67.6 Å². The zero-order chi connectivity index (χ0) is 16.2. The zero-order valence-corrected chi connectivity index (χ0v) is 14.1. The van der Waals surface area contributed by atoms with E-state index in [4.69, 9.17) is 0 Å². The van der Waals surface area contributed by atoms with Gasteiger partial charge in [-0.2, -0.15) is 8.78 Å². The first kappa shape index (κ1) is 18.9. The highest BCUT2D eigenvalue weighted by atomic mass is 35.5. The molecule has 0 bridgehead atoms. The van der Waals surface area contributed by atoms with Crippen LogP contribution in [0.3, 0.4) is 0 Å². The summed E-state index contributed by atoms with van der Waals surface area (Å²) in [5.74, 6) is 0.0166. The minimum atomic E-state index is -2.85. The third kappa shape index (κ3) is 4.55. The van der Waals surface area contributed by atoms with Gasteiger partial charge in [-0.05, 0) is 30.7 Å². The quantitative estimate of drug-likeness (QED) is 0.888. The van der Waals surface area contributed by atoms with Gasteiger partial charge in [0.05, 0.1) is 0 Å². The number of amides is 1. The molecule has 2 fully saturated rings. The second-order valence-electron chi connectivity index (χ2n) is 5.88. The molecule has 0 aromatic heterocycles. The second kappa shape index (κ2) is 8.60. The lowest BCUT2D eigenvalue weighted by Gasteiger charge is -2.32. The number of carbonyl (C=O) groups excluding carboxylic acids is 1. The minimum absolute atomic E-state index is 0. The number of hydrogen-bond acceptors (Lipinski definition) is 4. The molecule has 5 nitrogen and oxygen atoms in total. The first-order valence-corrected chi connectivity index (χ1v) is 7.92. The lowest BCUT2D eigenvalue weighted by atomic mass is 10.2. The molecule has 1 aromatic carbocycles. The molecule has 24 heavy (non-hydrogen) atoms. The molecule has 0 aliphatic carbocycles. The Morgan fingerprint density at radius 1 is 1.17 bits per heavy atom. The summed E-state index contributed by atoms with van der Waals surface area (Å²) in [6, 6.07) is 6.31. The van der Waals surface area contributed by atoms with Gasteiger partial charge in [-0.1, -0.05) is 0 Å². The molecule has 2 aliphatic rings. The van der Waals surface area contributed by atoms with Crippen LogP contribution in [0.15, 0.2) is 24.3 Å². The van der Waals surface area contributed by atoms with E-state index in [9.17, 15) is 13.6 Å². The van der Waals surface area contributed by atoms with E-state index in [1.165, 1.54) is 24.3 Å². The molecule has 0 radical (unpaired) electrons. The molecule has 1 aromatic rings. The Morgan fingerprint density at radius 3 is 2.46 bits per heavy atom. The van der Waals surface area contributed by atoms with Crippen LogP contribution in [0.2, 0.25) is 0 Å². The zero-order valence-electron chi connectivity index (χ0n) is 13.3. The molecule has 134 valence electrons. The van der Waals surface area contributed by atoms with E-state index in [2.05, 4.69) is 15.0 Å². The number of piperazine rings is 1. The van der Waals surface area contributed by atoms with Crippen molar-refractivity contribution in [3.8, 4) is 5.75 Å². The molecule has 0 saturated carbocycles. The smallest absolute Gasteiger partial charge is 0.387 e. The highest BCUT2D eigenvalue weighted by molar-refractivity contribution is 5.94. The average Bonchev–Trinajstić information content (AvgIpc) is 3.05. The van der Waals surface area contributed by atoms with Crippen LogP contribution in [-0.2, 0) is 0 Å². The van der Waals surface area contributed by atoms with Crippen molar-refractivity contribution in [3.63, 3.8) is 0 Å².